The van der Waals surface area contributed by atoms with Crippen LogP contribution in [0.5, 0.6) is 17.2 Å². The van der Waals surface area contributed by atoms with E-state index >= 15 is 0 Å². The maximum absolute atomic E-state index is 13.9. The average molecular weight is 918 g/mol. The minimum absolute atomic E-state index is 0.0787. The number of pyridine rings is 1. The maximum Gasteiger partial charge on any atom is 0.312 e. The van der Waals surface area contributed by atoms with E-state index in [1.807, 2.05) is 18.2 Å². The van der Waals surface area contributed by atoms with Crippen molar-refractivity contribution in [3.8, 4) is 17.2 Å². The van der Waals surface area contributed by atoms with Gasteiger partial charge in [0, 0.05) is 80.2 Å². The highest BCUT2D eigenvalue weighted by atomic mass is 35.5. The van der Waals surface area contributed by atoms with Crippen LogP contribution in [0, 0.1) is 15.5 Å². The lowest BCUT2D eigenvalue weighted by Crippen LogP contribution is -2.47. The number of nitrogens with one attached hydrogen (secondary N) is 2. The average Bonchev–Trinajstić information content (AvgIpc) is 3.95. The van der Waals surface area contributed by atoms with E-state index in [4.69, 9.17) is 21.1 Å². The Hall–Kier alpha value is -5.62. The van der Waals surface area contributed by atoms with Crippen LogP contribution in [0.2, 0.25) is 5.02 Å². The third kappa shape index (κ3) is 10.2. The number of carbonyl (C=O) groups excluding carboxylic acids is 1. The number of hydrogen-bond donors (Lipinski definition) is 2. The summed E-state index contributed by atoms with van der Waals surface area (Å²) < 4.78 is 68.1. The van der Waals surface area contributed by atoms with E-state index in [0.29, 0.717) is 42.5 Å². The van der Waals surface area contributed by atoms with E-state index in [-0.39, 0.29) is 29.0 Å². The van der Waals surface area contributed by atoms with Gasteiger partial charge in [0.15, 0.2) is 5.75 Å². The Labute approximate surface area is 375 Å². The topological polar surface area (TPSA) is 163 Å². The van der Waals surface area contributed by atoms with Crippen molar-refractivity contribution in [1.29, 1.82) is 0 Å². The van der Waals surface area contributed by atoms with Gasteiger partial charge in [-0.1, -0.05) is 43.2 Å². The number of nitro benzene ring substituents is 1. The molecule has 3 aliphatic rings. The Morgan fingerprint density at radius 1 is 1.02 bits per heavy atom. The van der Waals surface area contributed by atoms with Crippen molar-refractivity contribution in [3.05, 3.63) is 117 Å². The number of nitrogens with zero attached hydrogens (tertiary/aromatic N) is 5. The lowest BCUT2D eigenvalue weighted by molar-refractivity contribution is -0.386. The second-order valence-electron chi connectivity index (χ2n) is 17.4. The number of H-pyrrole nitrogens is 1. The van der Waals surface area contributed by atoms with Gasteiger partial charge in [-0.2, -0.15) is 0 Å². The number of allylic oxidation sites excluding steroid dienone is 1. The number of rotatable bonds is 15. The molecule has 18 heteroatoms. The summed E-state index contributed by atoms with van der Waals surface area (Å²) >= 11 is 6.23. The van der Waals surface area contributed by atoms with Crippen LogP contribution in [-0.4, -0.2) is 110 Å². The molecule has 3 aromatic carbocycles. The molecule has 2 N–H and O–H groups in total. The fourth-order valence-corrected chi connectivity index (χ4v) is 9.83. The maximum atomic E-state index is 13.9. The predicted molar refractivity (Wildman–Crippen MR) is 241 cm³/mol. The van der Waals surface area contributed by atoms with Crippen LogP contribution in [-0.2, 0) is 10.0 Å². The van der Waals surface area contributed by atoms with E-state index < -0.39 is 56.9 Å². The number of likely N-dealkylation sites (tertiary alicyclic amines) is 1. The van der Waals surface area contributed by atoms with Crippen LogP contribution < -0.4 is 19.1 Å². The van der Waals surface area contributed by atoms with Gasteiger partial charge in [0.2, 0.25) is 0 Å². The van der Waals surface area contributed by atoms with Crippen LogP contribution in [0.25, 0.3) is 16.6 Å². The summed E-state index contributed by atoms with van der Waals surface area (Å²) in [5.41, 5.74) is 4.92. The van der Waals surface area contributed by atoms with Gasteiger partial charge in [-0.25, -0.2) is 26.9 Å². The molecule has 2 aromatic heterocycles. The van der Waals surface area contributed by atoms with Crippen molar-refractivity contribution in [1.82, 2.24) is 24.5 Å². The summed E-state index contributed by atoms with van der Waals surface area (Å²) in [5.74, 6) is -0.841. The zero-order valence-electron chi connectivity index (χ0n) is 35.6. The molecule has 4 heterocycles. The van der Waals surface area contributed by atoms with Crippen molar-refractivity contribution in [2.45, 2.75) is 56.6 Å². The Kier molecular flexibility index (Phi) is 13.2. The van der Waals surface area contributed by atoms with Crippen LogP contribution in [0.3, 0.4) is 0 Å². The van der Waals surface area contributed by atoms with Gasteiger partial charge in [-0.15, -0.1) is 0 Å². The minimum Gasteiger partial charge on any atom is -0.482 e. The molecule has 2 aliphatic heterocycles. The molecule has 338 valence electrons. The summed E-state index contributed by atoms with van der Waals surface area (Å²) in [5, 5.41) is 13.6. The first kappa shape index (κ1) is 45.0. The Balaban J connectivity index is 0.998. The molecule has 0 unspecified atom stereocenters. The summed E-state index contributed by atoms with van der Waals surface area (Å²) in [4.78, 5) is 38.4. The number of amides is 1. The number of hydrogen-bond acceptors (Lipinski definition) is 11. The second-order valence-corrected chi connectivity index (χ2v) is 19.5. The van der Waals surface area contributed by atoms with E-state index in [0.717, 1.165) is 68.2 Å². The molecule has 0 saturated carbocycles. The van der Waals surface area contributed by atoms with Crippen molar-refractivity contribution in [2.75, 3.05) is 64.1 Å². The van der Waals surface area contributed by atoms with Crippen molar-refractivity contribution in [2.24, 2.45) is 5.41 Å². The number of sulfonamides is 1. The van der Waals surface area contributed by atoms with Crippen molar-refractivity contribution in [3.63, 3.8) is 0 Å². The van der Waals surface area contributed by atoms with Crippen molar-refractivity contribution < 1.29 is 36.4 Å². The number of aromatic amines is 1. The van der Waals surface area contributed by atoms with Crippen molar-refractivity contribution >= 4 is 55.5 Å². The smallest absolute Gasteiger partial charge is 0.312 e. The number of benzene rings is 3. The number of aromatic nitrogens is 2. The lowest BCUT2D eigenvalue weighted by atomic mass is 9.72. The highest BCUT2D eigenvalue weighted by molar-refractivity contribution is 7.90. The van der Waals surface area contributed by atoms with E-state index in [9.17, 15) is 32.1 Å². The quantitative estimate of drug-likeness (QED) is 0.0764. The largest absolute Gasteiger partial charge is 0.482 e. The molecule has 5 aromatic rings. The van der Waals surface area contributed by atoms with E-state index in [1.165, 1.54) is 29.0 Å². The zero-order chi connectivity index (χ0) is 45.2. The van der Waals surface area contributed by atoms with Gasteiger partial charge in [0.25, 0.3) is 15.9 Å². The highest BCUT2D eigenvalue weighted by Gasteiger charge is 2.33. The zero-order valence-corrected chi connectivity index (χ0v) is 37.1. The molecule has 14 nitrogen and oxygen atoms in total. The minimum atomic E-state index is -4.67. The Morgan fingerprint density at radius 3 is 2.52 bits per heavy atom. The van der Waals surface area contributed by atoms with Crippen LogP contribution >= 0.6 is 11.6 Å². The van der Waals surface area contributed by atoms with E-state index in [1.54, 1.807) is 29.3 Å². The van der Waals surface area contributed by atoms with Gasteiger partial charge in [0.1, 0.15) is 36.6 Å². The molecule has 0 spiro atoms. The van der Waals surface area contributed by atoms with E-state index in [2.05, 4.69) is 50.5 Å². The summed E-state index contributed by atoms with van der Waals surface area (Å²) in [6.07, 6.45) is 6.12. The normalized spacial score (nSPS) is 18.5. The van der Waals surface area contributed by atoms with Crippen LogP contribution in [0.4, 0.5) is 20.2 Å². The number of piperazine rings is 1. The first-order chi connectivity index (χ1) is 30.7. The first-order valence-electron chi connectivity index (χ1n) is 21.3. The number of carbonyl (C=O) groups is 1. The highest BCUT2D eigenvalue weighted by Crippen LogP contribution is 2.43. The number of alkyl halides is 2. The molecular formula is C46H50ClF2N7O7S. The molecule has 1 aliphatic carbocycles. The fraction of sp³-hybridized carbons (Fsp3) is 0.391. The summed E-state index contributed by atoms with van der Waals surface area (Å²) in [6, 6.07) is 18.7. The number of ether oxygens (including phenoxy) is 2. The molecule has 2 fully saturated rings. The van der Waals surface area contributed by atoms with Gasteiger partial charge >= 0.3 is 5.69 Å². The summed E-state index contributed by atoms with van der Waals surface area (Å²) in [6.45, 7) is 7.17. The Morgan fingerprint density at radius 2 is 1.78 bits per heavy atom. The van der Waals surface area contributed by atoms with Crippen LogP contribution in [0.15, 0.2) is 95.7 Å². The molecule has 2 saturated heterocycles. The molecule has 1 amide bonds. The number of anilines is 1. The lowest BCUT2D eigenvalue weighted by Gasteiger charge is -2.39. The SMILES string of the molecule is CC1(C)CCC(CN2CCN(c3ccc(C(=O)NS(=O)(=O)c4ccc(O[C@@H]5CCN(C(CF)CF)C5)c([N+](=O)[O-])c4)c(Oc4cnc5[nH]ccc5c4)c3)CC2)=C(c2ccc(Cl)cc2)C1. The first-order valence-corrected chi connectivity index (χ1v) is 23.1. The third-order valence-electron chi connectivity index (χ3n) is 12.4. The standard InChI is InChI=1S/C46H50ClF2N7O7S/c1-46(2)14-11-32(40(24-46)30-3-5-33(47)6-4-30)28-53-17-19-54(20-18-53)34-7-9-39(43(22-34)63-37-21-31-12-15-50-44(31)51-27-37)45(57)52-64(60,61)38-8-10-42(41(23-38)56(58)59)62-36-13-16-55(29-36)35(25-48)26-49/h3-10,12,15,21-23,27,35-36H,11,13-14,16-20,24-26,28-29H2,1-2H3,(H,50,51)(H,52,57)/t36-/m1/s1. The predicted octanol–water partition coefficient (Wildman–Crippen LogP) is 8.58. The summed E-state index contributed by atoms with van der Waals surface area (Å²) in [7, 11) is -4.67. The Bertz CT molecular complexity index is 2670. The molecular weight excluding hydrogens is 868 g/mol. The fourth-order valence-electron chi connectivity index (χ4n) is 8.72. The monoisotopic (exact) mass is 917 g/mol. The number of fused-ring (bicyclic) bond motifs is 1. The molecule has 8 rings (SSSR count). The van der Waals surface area contributed by atoms with Crippen LogP contribution in [0.1, 0.15) is 55.5 Å². The van der Waals surface area contributed by atoms with Gasteiger partial charge in [-0.05, 0) is 90.8 Å². The number of halogens is 3. The van der Waals surface area contributed by atoms with Gasteiger partial charge < -0.3 is 19.4 Å². The number of nitro groups is 1. The molecule has 0 radical (unpaired) electrons. The molecule has 1 atom stereocenters. The second kappa shape index (κ2) is 18.8. The molecule has 64 heavy (non-hydrogen) atoms. The molecule has 0 bridgehead atoms. The van der Waals surface area contributed by atoms with Gasteiger partial charge in [-0.3, -0.25) is 24.7 Å². The third-order valence-corrected chi connectivity index (χ3v) is 13.9. The van der Waals surface area contributed by atoms with Gasteiger partial charge in [0.05, 0.1) is 27.6 Å².